The molecule has 3 rings (SSSR count). The number of anilines is 1. The number of non-ortho nitro benzene ring substituents is 1. The zero-order chi connectivity index (χ0) is 18.0. The molecule has 0 radical (unpaired) electrons. The van der Waals surface area contributed by atoms with Gasteiger partial charge in [-0.3, -0.25) is 14.9 Å². The summed E-state index contributed by atoms with van der Waals surface area (Å²) < 4.78 is 0. The molecule has 2 aromatic carbocycles. The molecule has 0 fully saturated rings. The smallest absolute Gasteiger partial charge is 0.275 e. The molecular weight excluding hydrogens is 338 g/mol. The van der Waals surface area contributed by atoms with E-state index in [1.54, 1.807) is 13.0 Å². The Kier molecular flexibility index (Phi) is 4.58. The number of carbonyl (C=O) groups is 1. The van der Waals surface area contributed by atoms with Crippen LogP contribution in [0.3, 0.4) is 0 Å². The SMILES string of the molecule is Cc1nc(C(=O)Nc2cc([N+](=O)[O-])ccc2C)c(-c2ccccc2)s1. The lowest BCUT2D eigenvalue weighted by Gasteiger charge is -2.08. The predicted octanol–water partition coefficient (Wildman–Crippen LogP) is 4.59. The summed E-state index contributed by atoms with van der Waals surface area (Å²) >= 11 is 1.44. The number of nitro groups is 1. The summed E-state index contributed by atoms with van der Waals surface area (Å²) in [5, 5.41) is 14.5. The summed E-state index contributed by atoms with van der Waals surface area (Å²) in [4.78, 5) is 28.3. The van der Waals surface area contributed by atoms with E-state index in [0.29, 0.717) is 11.4 Å². The second-order valence-corrected chi connectivity index (χ2v) is 6.69. The van der Waals surface area contributed by atoms with Gasteiger partial charge < -0.3 is 5.32 Å². The van der Waals surface area contributed by atoms with Crippen molar-refractivity contribution in [2.24, 2.45) is 0 Å². The number of benzene rings is 2. The van der Waals surface area contributed by atoms with Crippen LogP contribution in [0.1, 0.15) is 21.1 Å². The van der Waals surface area contributed by atoms with Gasteiger partial charge in [0.25, 0.3) is 11.6 Å². The van der Waals surface area contributed by atoms with Gasteiger partial charge in [0, 0.05) is 12.1 Å². The maximum atomic E-state index is 12.7. The third-order valence-corrected chi connectivity index (χ3v) is 4.69. The molecule has 0 aliphatic carbocycles. The minimum atomic E-state index is -0.489. The molecule has 0 unspecified atom stereocenters. The van der Waals surface area contributed by atoms with Gasteiger partial charge in [-0.2, -0.15) is 0 Å². The third kappa shape index (κ3) is 3.56. The van der Waals surface area contributed by atoms with Gasteiger partial charge in [-0.1, -0.05) is 36.4 Å². The molecule has 1 heterocycles. The van der Waals surface area contributed by atoms with E-state index in [1.807, 2.05) is 37.3 Å². The Morgan fingerprint density at radius 3 is 2.56 bits per heavy atom. The molecule has 3 aromatic rings. The molecule has 0 saturated carbocycles. The van der Waals surface area contributed by atoms with Gasteiger partial charge in [-0.15, -0.1) is 11.3 Å². The topological polar surface area (TPSA) is 85.1 Å². The normalized spacial score (nSPS) is 10.5. The highest BCUT2D eigenvalue weighted by molar-refractivity contribution is 7.15. The van der Waals surface area contributed by atoms with Gasteiger partial charge in [-0.25, -0.2) is 4.98 Å². The summed E-state index contributed by atoms with van der Waals surface area (Å²) in [6.45, 7) is 3.62. The van der Waals surface area contributed by atoms with Crippen molar-refractivity contribution in [1.82, 2.24) is 4.98 Å². The fourth-order valence-electron chi connectivity index (χ4n) is 2.41. The molecule has 1 N–H and O–H groups in total. The average Bonchev–Trinajstić information content (AvgIpc) is 2.99. The molecule has 6 nitrogen and oxygen atoms in total. The molecule has 0 saturated heterocycles. The Morgan fingerprint density at radius 1 is 1.16 bits per heavy atom. The molecule has 0 atom stereocenters. The second kappa shape index (κ2) is 6.82. The zero-order valence-electron chi connectivity index (χ0n) is 13.6. The van der Waals surface area contributed by atoms with Crippen LogP contribution < -0.4 is 5.32 Å². The number of aromatic nitrogens is 1. The van der Waals surface area contributed by atoms with Gasteiger partial charge in [0.1, 0.15) is 5.69 Å². The van der Waals surface area contributed by atoms with Gasteiger partial charge in [-0.05, 0) is 25.0 Å². The van der Waals surface area contributed by atoms with Gasteiger partial charge >= 0.3 is 0 Å². The number of carbonyl (C=O) groups excluding carboxylic acids is 1. The molecule has 1 amide bonds. The summed E-state index contributed by atoms with van der Waals surface area (Å²) in [6.07, 6.45) is 0. The van der Waals surface area contributed by atoms with Gasteiger partial charge in [0.2, 0.25) is 0 Å². The van der Waals surface area contributed by atoms with Crippen LogP contribution in [0.15, 0.2) is 48.5 Å². The van der Waals surface area contributed by atoms with Crippen LogP contribution in [-0.4, -0.2) is 15.8 Å². The van der Waals surface area contributed by atoms with Crippen molar-refractivity contribution < 1.29 is 9.72 Å². The number of nitrogens with one attached hydrogen (secondary N) is 1. The minimum absolute atomic E-state index is 0.0707. The summed E-state index contributed by atoms with van der Waals surface area (Å²) in [7, 11) is 0. The minimum Gasteiger partial charge on any atom is -0.320 e. The Bertz CT molecular complexity index is 951. The molecule has 0 aliphatic heterocycles. The van der Waals surface area contributed by atoms with E-state index < -0.39 is 4.92 Å². The van der Waals surface area contributed by atoms with Crippen LogP contribution in [0.4, 0.5) is 11.4 Å². The first-order valence-corrected chi connectivity index (χ1v) is 8.36. The van der Waals surface area contributed by atoms with Crippen molar-refractivity contribution in [3.63, 3.8) is 0 Å². The molecule has 1 aromatic heterocycles. The van der Waals surface area contributed by atoms with Crippen LogP contribution in [0.2, 0.25) is 0 Å². The molecule has 0 bridgehead atoms. The van der Waals surface area contributed by atoms with E-state index in [1.165, 1.54) is 23.5 Å². The number of rotatable bonds is 4. The van der Waals surface area contributed by atoms with Crippen molar-refractivity contribution in [3.8, 4) is 10.4 Å². The standard InChI is InChI=1S/C18H15N3O3S/c1-11-8-9-14(21(23)24)10-15(11)20-18(22)16-17(25-12(2)19-16)13-6-4-3-5-7-13/h3-10H,1-2H3,(H,20,22). The first-order chi connectivity index (χ1) is 12.0. The summed E-state index contributed by atoms with van der Waals surface area (Å²) in [5.74, 6) is -0.383. The van der Waals surface area contributed by atoms with Crippen LogP contribution >= 0.6 is 11.3 Å². The quantitative estimate of drug-likeness (QED) is 0.549. The number of aryl methyl sites for hydroxylation is 2. The molecule has 126 valence electrons. The van der Waals surface area contributed by atoms with Crippen LogP contribution in [-0.2, 0) is 0 Å². The van der Waals surface area contributed by atoms with Crippen LogP contribution in [0, 0.1) is 24.0 Å². The van der Waals surface area contributed by atoms with Crippen LogP contribution in [0.5, 0.6) is 0 Å². The first kappa shape index (κ1) is 16.8. The Morgan fingerprint density at radius 2 is 1.88 bits per heavy atom. The molecular formula is C18H15N3O3S. The average molecular weight is 353 g/mol. The maximum Gasteiger partial charge on any atom is 0.275 e. The lowest BCUT2D eigenvalue weighted by molar-refractivity contribution is -0.384. The lowest BCUT2D eigenvalue weighted by Crippen LogP contribution is -2.14. The van der Waals surface area contributed by atoms with Crippen molar-refractivity contribution in [3.05, 3.63) is 74.9 Å². The summed E-state index contributed by atoms with van der Waals surface area (Å²) in [5.41, 5.74) is 2.31. The van der Waals surface area contributed by atoms with E-state index in [9.17, 15) is 14.9 Å². The monoisotopic (exact) mass is 353 g/mol. The highest BCUT2D eigenvalue weighted by Gasteiger charge is 2.20. The van der Waals surface area contributed by atoms with E-state index in [0.717, 1.165) is 21.0 Å². The third-order valence-electron chi connectivity index (χ3n) is 3.67. The maximum absolute atomic E-state index is 12.7. The molecule has 0 spiro atoms. The van der Waals surface area contributed by atoms with E-state index in [4.69, 9.17) is 0 Å². The van der Waals surface area contributed by atoms with Crippen molar-refractivity contribution in [2.45, 2.75) is 13.8 Å². The largest absolute Gasteiger partial charge is 0.320 e. The first-order valence-electron chi connectivity index (χ1n) is 7.55. The number of amides is 1. The highest BCUT2D eigenvalue weighted by atomic mass is 32.1. The number of hydrogen-bond donors (Lipinski definition) is 1. The number of hydrogen-bond acceptors (Lipinski definition) is 5. The van der Waals surface area contributed by atoms with E-state index in [2.05, 4.69) is 10.3 Å². The zero-order valence-corrected chi connectivity index (χ0v) is 14.5. The van der Waals surface area contributed by atoms with E-state index >= 15 is 0 Å². The Balaban J connectivity index is 1.95. The highest BCUT2D eigenvalue weighted by Crippen LogP contribution is 2.31. The lowest BCUT2D eigenvalue weighted by atomic mass is 10.1. The number of thiazole rings is 1. The van der Waals surface area contributed by atoms with Crippen molar-refractivity contribution >= 4 is 28.6 Å². The molecule has 7 heteroatoms. The van der Waals surface area contributed by atoms with Crippen LogP contribution in [0.25, 0.3) is 10.4 Å². The van der Waals surface area contributed by atoms with Gasteiger partial charge in [0.15, 0.2) is 0 Å². The van der Waals surface area contributed by atoms with Crippen molar-refractivity contribution in [2.75, 3.05) is 5.32 Å². The predicted molar refractivity (Wildman–Crippen MR) is 98.1 cm³/mol. The molecule has 25 heavy (non-hydrogen) atoms. The second-order valence-electron chi connectivity index (χ2n) is 5.49. The molecule has 0 aliphatic rings. The fourth-order valence-corrected chi connectivity index (χ4v) is 3.33. The number of nitrogens with zero attached hydrogens (tertiary/aromatic N) is 2. The Labute approximate surface area is 148 Å². The Hall–Kier alpha value is -3.06. The number of nitro benzene ring substituents is 1. The summed E-state index contributed by atoms with van der Waals surface area (Å²) in [6, 6.07) is 13.9. The fraction of sp³-hybridized carbons (Fsp3) is 0.111. The van der Waals surface area contributed by atoms with E-state index in [-0.39, 0.29) is 11.6 Å². The van der Waals surface area contributed by atoms with Gasteiger partial charge in [0.05, 0.1) is 20.5 Å². The van der Waals surface area contributed by atoms with Crippen molar-refractivity contribution in [1.29, 1.82) is 0 Å².